The topological polar surface area (TPSA) is 69.7 Å². The molecule has 0 aromatic heterocycles. The Morgan fingerprint density at radius 3 is 2.66 bits per heavy atom. The lowest BCUT2D eigenvalue weighted by atomic mass is 9.68. The van der Waals surface area contributed by atoms with Crippen molar-refractivity contribution in [2.24, 2.45) is 5.41 Å². The van der Waals surface area contributed by atoms with Crippen LogP contribution in [0.5, 0.6) is 0 Å². The zero-order valence-corrected chi connectivity index (χ0v) is 16.2. The smallest absolute Gasteiger partial charge is 0.335 e. The number of urea groups is 1. The van der Waals surface area contributed by atoms with Gasteiger partial charge < -0.3 is 4.90 Å². The second kappa shape index (κ2) is 6.59. The van der Waals surface area contributed by atoms with E-state index < -0.39 is 29.3 Å². The van der Waals surface area contributed by atoms with Crippen molar-refractivity contribution in [3.05, 3.63) is 59.9 Å². The minimum atomic E-state index is -1.49. The first-order valence-corrected chi connectivity index (χ1v) is 10.6. The van der Waals surface area contributed by atoms with Gasteiger partial charge in [0.15, 0.2) is 5.41 Å². The monoisotopic (exact) mass is 411 g/mol. The molecule has 2 fully saturated rings. The molecule has 2 unspecified atom stereocenters. The molecule has 2 saturated heterocycles. The highest BCUT2D eigenvalue weighted by atomic mass is 32.2. The van der Waals surface area contributed by atoms with Crippen LogP contribution in [0, 0.1) is 11.2 Å². The lowest BCUT2D eigenvalue weighted by molar-refractivity contribution is -0.144. The molecule has 3 heterocycles. The zero-order chi connectivity index (χ0) is 20.2. The van der Waals surface area contributed by atoms with Crippen LogP contribution in [0.1, 0.15) is 5.56 Å². The van der Waals surface area contributed by atoms with Crippen LogP contribution >= 0.6 is 11.8 Å². The number of barbiturate groups is 1. The molecule has 148 valence electrons. The Morgan fingerprint density at radius 1 is 1.07 bits per heavy atom. The predicted molar refractivity (Wildman–Crippen MR) is 108 cm³/mol. The van der Waals surface area contributed by atoms with Crippen LogP contribution in [0.4, 0.5) is 20.6 Å². The minimum absolute atomic E-state index is 0.0586. The molecule has 2 atom stereocenters. The van der Waals surface area contributed by atoms with Gasteiger partial charge in [-0.2, -0.15) is 11.8 Å². The van der Waals surface area contributed by atoms with E-state index in [1.165, 1.54) is 6.07 Å². The number of hydrogen-bond acceptors (Lipinski definition) is 5. The van der Waals surface area contributed by atoms with Crippen molar-refractivity contribution in [1.82, 2.24) is 5.32 Å². The van der Waals surface area contributed by atoms with Gasteiger partial charge in [0.05, 0.1) is 17.4 Å². The van der Waals surface area contributed by atoms with E-state index in [0.717, 1.165) is 10.7 Å². The average Bonchev–Trinajstić information content (AvgIpc) is 2.73. The molecular weight excluding hydrogens is 393 g/mol. The fourth-order valence-electron chi connectivity index (χ4n) is 4.64. The Hall–Kier alpha value is -2.87. The first-order chi connectivity index (χ1) is 14.0. The van der Waals surface area contributed by atoms with Gasteiger partial charge in [-0.05, 0) is 30.2 Å². The molecular formula is C21H18FN3O3S. The van der Waals surface area contributed by atoms with Crippen molar-refractivity contribution in [2.45, 2.75) is 12.5 Å². The molecule has 5 rings (SSSR count). The highest BCUT2D eigenvalue weighted by Crippen LogP contribution is 2.48. The molecule has 3 aliphatic rings. The van der Waals surface area contributed by atoms with Gasteiger partial charge in [-0.3, -0.25) is 14.9 Å². The Labute approximate surface area is 171 Å². The fraction of sp³-hybridized carbons (Fsp3) is 0.286. The number of rotatable bonds is 1. The van der Waals surface area contributed by atoms with Gasteiger partial charge in [0.25, 0.3) is 5.91 Å². The summed E-state index contributed by atoms with van der Waals surface area (Å²) in [6.45, 7) is 0.533. The third kappa shape index (κ3) is 2.51. The number of fused-ring (bicyclic) bond motifs is 4. The van der Waals surface area contributed by atoms with Gasteiger partial charge in [-0.1, -0.05) is 30.3 Å². The average molecular weight is 411 g/mol. The summed E-state index contributed by atoms with van der Waals surface area (Å²) in [5, 5.41) is 2.39. The van der Waals surface area contributed by atoms with Crippen LogP contribution in [-0.4, -0.2) is 41.9 Å². The standard InChI is InChI=1S/C21H18FN3O3S/c22-15-8-4-5-13-11-21(16-12-29-10-9-24(16)17(13)15)18(26)23-20(28)25(19(21)27)14-6-2-1-3-7-14/h1-8,16H,9-12H2,(H,23,26,28). The predicted octanol–water partition coefficient (Wildman–Crippen LogP) is 2.57. The van der Waals surface area contributed by atoms with E-state index in [1.807, 2.05) is 4.90 Å². The lowest BCUT2D eigenvalue weighted by Crippen LogP contribution is -2.73. The fourth-order valence-corrected chi connectivity index (χ4v) is 5.82. The molecule has 8 heteroatoms. The number of thioether (sulfide) groups is 1. The summed E-state index contributed by atoms with van der Waals surface area (Å²) in [5.74, 6) is -0.229. The van der Waals surface area contributed by atoms with Gasteiger partial charge in [-0.15, -0.1) is 0 Å². The normalized spacial score (nSPS) is 26.2. The maximum atomic E-state index is 14.7. The second-order valence-corrected chi connectivity index (χ2v) is 8.57. The van der Waals surface area contributed by atoms with E-state index in [-0.39, 0.29) is 12.2 Å². The molecule has 0 aliphatic carbocycles. The van der Waals surface area contributed by atoms with Gasteiger partial charge >= 0.3 is 6.03 Å². The summed E-state index contributed by atoms with van der Waals surface area (Å²) in [7, 11) is 0. The van der Waals surface area contributed by atoms with Crippen molar-refractivity contribution in [2.75, 3.05) is 27.9 Å². The number of nitrogens with zero attached hydrogens (tertiary/aromatic N) is 2. The molecule has 0 radical (unpaired) electrons. The summed E-state index contributed by atoms with van der Waals surface area (Å²) < 4.78 is 14.7. The Bertz CT molecular complexity index is 1030. The highest BCUT2D eigenvalue weighted by molar-refractivity contribution is 7.99. The SMILES string of the molecule is O=C1NC(=O)C2(Cc3cccc(F)c3N3CCSCC32)C(=O)N1c1ccccc1. The molecule has 4 amide bonds. The number of hydrogen-bond donors (Lipinski definition) is 1. The summed E-state index contributed by atoms with van der Waals surface area (Å²) in [5.41, 5.74) is -0.00839. The number of carbonyl (C=O) groups is 3. The second-order valence-electron chi connectivity index (χ2n) is 7.42. The number of halogens is 1. The summed E-state index contributed by atoms with van der Waals surface area (Å²) in [6.07, 6.45) is 0.0586. The maximum Gasteiger partial charge on any atom is 0.335 e. The quantitative estimate of drug-likeness (QED) is 0.731. The highest BCUT2D eigenvalue weighted by Gasteiger charge is 2.62. The Kier molecular flexibility index (Phi) is 4.13. The third-order valence-corrected chi connectivity index (χ3v) is 6.97. The first-order valence-electron chi connectivity index (χ1n) is 9.41. The number of imide groups is 2. The van der Waals surface area contributed by atoms with E-state index in [0.29, 0.717) is 29.2 Å². The molecule has 1 spiro atoms. The van der Waals surface area contributed by atoms with Gasteiger partial charge in [0.1, 0.15) is 5.82 Å². The van der Waals surface area contributed by atoms with E-state index in [1.54, 1.807) is 54.2 Å². The van der Waals surface area contributed by atoms with E-state index in [2.05, 4.69) is 5.32 Å². The van der Waals surface area contributed by atoms with E-state index >= 15 is 0 Å². The Morgan fingerprint density at radius 2 is 1.86 bits per heavy atom. The molecule has 1 N–H and O–H groups in total. The zero-order valence-electron chi connectivity index (χ0n) is 15.4. The molecule has 0 bridgehead atoms. The maximum absolute atomic E-state index is 14.7. The van der Waals surface area contributed by atoms with Crippen LogP contribution in [-0.2, 0) is 16.0 Å². The Balaban J connectivity index is 1.69. The number of benzene rings is 2. The minimum Gasteiger partial charge on any atom is -0.363 e. The number of para-hydroxylation sites is 2. The summed E-state index contributed by atoms with van der Waals surface area (Å²) in [6, 6.07) is 12.0. The van der Waals surface area contributed by atoms with Crippen LogP contribution < -0.4 is 15.1 Å². The molecule has 2 aromatic rings. The number of nitrogens with one attached hydrogen (secondary N) is 1. The molecule has 29 heavy (non-hydrogen) atoms. The van der Waals surface area contributed by atoms with E-state index in [9.17, 15) is 18.8 Å². The molecule has 2 aromatic carbocycles. The summed E-state index contributed by atoms with van der Waals surface area (Å²) >= 11 is 1.63. The van der Waals surface area contributed by atoms with E-state index in [4.69, 9.17) is 0 Å². The van der Waals surface area contributed by atoms with Crippen LogP contribution in [0.25, 0.3) is 0 Å². The van der Waals surface area contributed by atoms with Crippen molar-refractivity contribution in [1.29, 1.82) is 0 Å². The number of amides is 4. The van der Waals surface area contributed by atoms with Crippen LogP contribution in [0.2, 0.25) is 0 Å². The summed E-state index contributed by atoms with van der Waals surface area (Å²) in [4.78, 5) is 42.5. The van der Waals surface area contributed by atoms with Crippen molar-refractivity contribution in [3.63, 3.8) is 0 Å². The molecule has 3 aliphatic heterocycles. The number of carbonyl (C=O) groups excluding carboxylic acids is 3. The molecule has 6 nitrogen and oxygen atoms in total. The van der Waals surface area contributed by atoms with Crippen molar-refractivity contribution >= 4 is 41.0 Å². The van der Waals surface area contributed by atoms with Crippen molar-refractivity contribution < 1.29 is 18.8 Å². The van der Waals surface area contributed by atoms with Gasteiger partial charge in [0.2, 0.25) is 5.91 Å². The molecule has 0 saturated carbocycles. The van der Waals surface area contributed by atoms with Gasteiger partial charge in [0, 0.05) is 18.1 Å². The largest absolute Gasteiger partial charge is 0.363 e. The first kappa shape index (κ1) is 18.2. The van der Waals surface area contributed by atoms with Crippen LogP contribution in [0.15, 0.2) is 48.5 Å². The van der Waals surface area contributed by atoms with Gasteiger partial charge in [-0.25, -0.2) is 14.1 Å². The lowest BCUT2D eigenvalue weighted by Gasteiger charge is -2.53. The van der Waals surface area contributed by atoms with Crippen molar-refractivity contribution in [3.8, 4) is 0 Å². The van der Waals surface area contributed by atoms with Crippen LogP contribution in [0.3, 0.4) is 0 Å². The number of anilines is 2. The third-order valence-electron chi connectivity index (χ3n) is 5.95.